The average molecular weight is 272 g/mol. The van der Waals surface area contributed by atoms with Crippen LogP contribution in [0.25, 0.3) is 0 Å². The Morgan fingerprint density at radius 3 is 2.58 bits per heavy atom. The molecule has 2 amide bonds. The zero-order valence-electron chi connectivity index (χ0n) is 11.7. The summed E-state index contributed by atoms with van der Waals surface area (Å²) in [5.74, 6) is -0.945. The number of aliphatic hydroxyl groups is 1. The topological polar surface area (TPSA) is 89.9 Å². The molecule has 6 nitrogen and oxygen atoms in total. The molecule has 1 saturated heterocycles. The maximum absolute atomic E-state index is 12.2. The van der Waals surface area contributed by atoms with Gasteiger partial charge in [-0.1, -0.05) is 12.8 Å². The fourth-order valence-electron chi connectivity index (χ4n) is 2.42. The first-order valence-corrected chi connectivity index (χ1v) is 6.77. The largest absolute Gasteiger partial charge is 0.481 e. The average Bonchev–Trinajstić information content (AvgIpc) is 2.50. The molecule has 1 aliphatic rings. The zero-order valence-corrected chi connectivity index (χ0v) is 11.7. The van der Waals surface area contributed by atoms with E-state index in [9.17, 15) is 14.7 Å². The standard InChI is InChI=1S/C13H24N2O4/c1-13(2,8-11(17)18)14-12(19)15-7-5-3-4-6-10(15)9-16/h10,16H,3-9H2,1-2H3,(H,14,19)(H,17,18). The predicted molar refractivity (Wildman–Crippen MR) is 70.9 cm³/mol. The van der Waals surface area contributed by atoms with Crippen molar-refractivity contribution < 1.29 is 19.8 Å². The molecule has 0 radical (unpaired) electrons. The van der Waals surface area contributed by atoms with E-state index in [1.54, 1.807) is 18.7 Å². The number of amides is 2. The lowest BCUT2D eigenvalue weighted by Gasteiger charge is -2.33. The van der Waals surface area contributed by atoms with Crippen LogP contribution in [0, 0.1) is 0 Å². The molecule has 0 saturated carbocycles. The van der Waals surface area contributed by atoms with E-state index < -0.39 is 11.5 Å². The minimum absolute atomic E-state index is 0.0488. The Bertz CT molecular complexity index is 331. The van der Waals surface area contributed by atoms with Crippen LogP contribution in [0.2, 0.25) is 0 Å². The number of carbonyl (C=O) groups excluding carboxylic acids is 1. The van der Waals surface area contributed by atoms with Gasteiger partial charge >= 0.3 is 12.0 Å². The maximum Gasteiger partial charge on any atom is 0.318 e. The molecule has 110 valence electrons. The number of rotatable bonds is 4. The third kappa shape index (κ3) is 5.06. The first kappa shape index (κ1) is 15.8. The van der Waals surface area contributed by atoms with E-state index in [1.165, 1.54) is 0 Å². The second-order valence-corrected chi connectivity index (χ2v) is 5.76. The van der Waals surface area contributed by atoms with E-state index in [0.29, 0.717) is 6.54 Å². The normalized spacial score (nSPS) is 20.8. The lowest BCUT2D eigenvalue weighted by Crippen LogP contribution is -2.54. The first-order valence-electron chi connectivity index (χ1n) is 6.77. The van der Waals surface area contributed by atoms with E-state index >= 15 is 0 Å². The Hall–Kier alpha value is -1.30. The number of carbonyl (C=O) groups is 2. The molecule has 1 fully saturated rings. The molecule has 0 spiro atoms. The molecule has 0 aromatic heterocycles. The first-order chi connectivity index (χ1) is 8.85. The van der Waals surface area contributed by atoms with Crippen LogP contribution in [0.3, 0.4) is 0 Å². The summed E-state index contributed by atoms with van der Waals surface area (Å²) in [7, 11) is 0. The third-order valence-electron chi connectivity index (χ3n) is 3.39. The van der Waals surface area contributed by atoms with Crippen molar-refractivity contribution in [3.63, 3.8) is 0 Å². The van der Waals surface area contributed by atoms with Gasteiger partial charge in [0.1, 0.15) is 0 Å². The number of carboxylic acids is 1. The van der Waals surface area contributed by atoms with E-state index in [0.717, 1.165) is 25.7 Å². The third-order valence-corrected chi connectivity index (χ3v) is 3.39. The summed E-state index contributed by atoms with van der Waals surface area (Å²) in [6.45, 7) is 3.93. The van der Waals surface area contributed by atoms with Crippen molar-refractivity contribution in [1.82, 2.24) is 10.2 Å². The Kier molecular flexibility index (Phi) is 5.60. The number of urea groups is 1. The van der Waals surface area contributed by atoms with Crippen LogP contribution in [-0.2, 0) is 4.79 Å². The lowest BCUT2D eigenvalue weighted by molar-refractivity contribution is -0.138. The van der Waals surface area contributed by atoms with Gasteiger partial charge in [-0.3, -0.25) is 4.79 Å². The number of carboxylic acid groups (broad SMARTS) is 1. The van der Waals surface area contributed by atoms with E-state index in [2.05, 4.69) is 5.32 Å². The van der Waals surface area contributed by atoms with Crippen LogP contribution in [0.5, 0.6) is 0 Å². The number of aliphatic carboxylic acids is 1. The second-order valence-electron chi connectivity index (χ2n) is 5.76. The summed E-state index contributed by atoms with van der Waals surface area (Å²) in [5, 5.41) is 20.9. The van der Waals surface area contributed by atoms with Crippen molar-refractivity contribution in [3.05, 3.63) is 0 Å². The quantitative estimate of drug-likeness (QED) is 0.717. The molecule has 19 heavy (non-hydrogen) atoms. The van der Waals surface area contributed by atoms with Crippen LogP contribution < -0.4 is 5.32 Å². The summed E-state index contributed by atoms with van der Waals surface area (Å²) in [4.78, 5) is 24.6. The summed E-state index contributed by atoms with van der Waals surface area (Å²) in [5.41, 5.74) is -0.796. The van der Waals surface area contributed by atoms with Crippen LogP contribution >= 0.6 is 0 Å². The van der Waals surface area contributed by atoms with Crippen molar-refractivity contribution in [2.45, 2.75) is 57.5 Å². The molecule has 0 aliphatic carbocycles. The Morgan fingerprint density at radius 2 is 2.00 bits per heavy atom. The van der Waals surface area contributed by atoms with Gasteiger partial charge < -0.3 is 20.4 Å². The van der Waals surface area contributed by atoms with Crippen molar-refractivity contribution in [2.75, 3.05) is 13.2 Å². The molecular weight excluding hydrogens is 248 g/mol. The second kappa shape index (κ2) is 6.75. The van der Waals surface area contributed by atoms with Crippen molar-refractivity contribution in [2.24, 2.45) is 0 Å². The highest BCUT2D eigenvalue weighted by atomic mass is 16.4. The molecule has 0 bridgehead atoms. The molecule has 1 unspecified atom stereocenters. The van der Waals surface area contributed by atoms with E-state index in [4.69, 9.17) is 5.11 Å². The number of hydrogen-bond donors (Lipinski definition) is 3. The van der Waals surface area contributed by atoms with E-state index in [1.807, 2.05) is 0 Å². The summed E-state index contributed by atoms with van der Waals surface area (Å²) in [6.07, 6.45) is 3.65. The minimum Gasteiger partial charge on any atom is -0.481 e. The Balaban J connectivity index is 2.66. The Morgan fingerprint density at radius 1 is 1.32 bits per heavy atom. The molecule has 0 aromatic rings. The van der Waals surface area contributed by atoms with Gasteiger partial charge in [0.05, 0.1) is 19.1 Å². The van der Waals surface area contributed by atoms with Crippen molar-refractivity contribution in [3.8, 4) is 0 Å². The van der Waals surface area contributed by atoms with Crippen molar-refractivity contribution >= 4 is 12.0 Å². The highest BCUT2D eigenvalue weighted by molar-refractivity contribution is 5.77. The summed E-state index contributed by atoms with van der Waals surface area (Å²) in [6, 6.07) is -0.449. The van der Waals surface area contributed by atoms with Gasteiger partial charge in [0.2, 0.25) is 0 Å². The van der Waals surface area contributed by atoms with Gasteiger partial charge in [-0.15, -0.1) is 0 Å². The van der Waals surface area contributed by atoms with Gasteiger partial charge in [0.25, 0.3) is 0 Å². The number of likely N-dealkylation sites (tertiary alicyclic amines) is 1. The lowest BCUT2D eigenvalue weighted by atomic mass is 10.0. The number of hydrogen-bond acceptors (Lipinski definition) is 3. The van der Waals surface area contributed by atoms with Crippen molar-refractivity contribution in [1.29, 1.82) is 0 Å². The molecular formula is C13H24N2O4. The molecule has 3 N–H and O–H groups in total. The number of nitrogens with one attached hydrogen (secondary N) is 1. The highest BCUT2D eigenvalue weighted by Gasteiger charge is 2.30. The van der Waals surface area contributed by atoms with Crippen LogP contribution in [-0.4, -0.2) is 51.8 Å². The fraction of sp³-hybridized carbons (Fsp3) is 0.846. The predicted octanol–water partition coefficient (Wildman–Crippen LogP) is 1.19. The molecule has 1 aliphatic heterocycles. The SMILES string of the molecule is CC(C)(CC(=O)O)NC(=O)N1CCCCCC1CO. The molecule has 6 heteroatoms. The highest BCUT2D eigenvalue weighted by Crippen LogP contribution is 2.18. The van der Waals surface area contributed by atoms with Crippen LogP contribution in [0.1, 0.15) is 46.0 Å². The van der Waals surface area contributed by atoms with Gasteiger partial charge in [0.15, 0.2) is 0 Å². The monoisotopic (exact) mass is 272 g/mol. The Labute approximate surface area is 113 Å². The molecule has 0 aromatic carbocycles. The summed E-state index contributed by atoms with van der Waals surface area (Å²) < 4.78 is 0. The number of aliphatic hydroxyl groups excluding tert-OH is 1. The smallest absolute Gasteiger partial charge is 0.318 e. The fourth-order valence-corrected chi connectivity index (χ4v) is 2.42. The van der Waals surface area contributed by atoms with Gasteiger partial charge in [-0.2, -0.15) is 0 Å². The van der Waals surface area contributed by atoms with Gasteiger partial charge in [-0.05, 0) is 26.7 Å². The zero-order chi connectivity index (χ0) is 14.5. The summed E-state index contributed by atoms with van der Waals surface area (Å²) >= 11 is 0. The van der Waals surface area contributed by atoms with Gasteiger partial charge in [0, 0.05) is 12.1 Å². The molecule has 1 atom stereocenters. The van der Waals surface area contributed by atoms with Crippen LogP contribution in [0.4, 0.5) is 4.79 Å². The molecule has 1 heterocycles. The maximum atomic E-state index is 12.2. The molecule has 1 rings (SSSR count). The minimum atomic E-state index is -0.945. The van der Waals surface area contributed by atoms with Gasteiger partial charge in [-0.25, -0.2) is 4.79 Å². The number of nitrogens with zero attached hydrogens (tertiary/aromatic N) is 1. The van der Waals surface area contributed by atoms with Crippen LogP contribution in [0.15, 0.2) is 0 Å². The van der Waals surface area contributed by atoms with E-state index in [-0.39, 0.29) is 25.1 Å².